The van der Waals surface area contributed by atoms with Crippen molar-refractivity contribution < 1.29 is 33.3 Å². The van der Waals surface area contributed by atoms with Gasteiger partial charge in [-0.25, -0.2) is 9.59 Å². The van der Waals surface area contributed by atoms with Crippen LogP contribution in [0, 0.1) is 0 Å². The molecule has 0 saturated carbocycles. The van der Waals surface area contributed by atoms with Gasteiger partial charge in [0.05, 0.1) is 24.2 Å². The van der Waals surface area contributed by atoms with Gasteiger partial charge in [-0.05, 0) is 77.9 Å². The molecular weight excluding hydrogens is 530 g/mol. The van der Waals surface area contributed by atoms with Crippen molar-refractivity contribution in [3.05, 3.63) is 24.4 Å². The molecule has 1 aromatic heterocycles. The van der Waals surface area contributed by atoms with Gasteiger partial charge in [0.1, 0.15) is 23.6 Å². The second-order valence-corrected chi connectivity index (χ2v) is 18.8. The first kappa shape index (κ1) is 31.9. The molecule has 1 aliphatic rings. The molecule has 0 unspecified atom stereocenters. The molecule has 10 nitrogen and oxygen atoms in total. The van der Waals surface area contributed by atoms with Crippen molar-refractivity contribution >= 4 is 31.3 Å². The Hall–Kier alpha value is -2.63. The SMILES string of the molecule is CC(C)(C)OC(=O)[C@H](O)COc1ccc2nn([C@@H]3CN(C(=O)OC(C)(C)C)C[C@@H]3O[Si](C)(C)C(C)(C)C)cc2c1. The van der Waals surface area contributed by atoms with Gasteiger partial charge >= 0.3 is 12.1 Å². The number of ether oxygens (including phenoxy) is 3. The Bertz CT molecular complexity index is 1210. The summed E-state index contributed by atoms with van der Waals surface area (Å²) >= 11 is 0. The third-order valence-corrected chi connectivity index (χ3v) is 11.6. The lowest BCUT2D eigenvalue weighted by atomic mass is 10.2. The van der Waals surface area contributed by atoms with E-state index in [0.717, 1.165) is 10.9 Å². The number of aromatic nitrogens is 2. The van der Waals surface area contributed by atoms with Gasteiger partial charge in [0, 0.05) is 18.1 Å². The van der Waals surface area contributed by atoms with Gasteiger partial charge in [-0.15, -0.1) is 0 Å². The number of likely N-dealkylation sites (tertiary alicyclic amines) is 1. The zero-order valence-corrected chi connectivity index (χ0v) is 26.9. The molecule has 2 aromatic rings. The predicted molar refractivity (Wildman–Crippen MR) is 156 cm³/mol. The maximum absolute atomic E-state index is 13.0. The molecule has 1 aliphatic heterocycles. The summed E-state index contributed by atoms with van der Waals surface area (Å²) in [5.41, 5.74) is -0.544. The standard InChI is InChI=1S/C29H47N3O7Si/c1-27(2,3)37-25(34)23(33)18-36-20-12-13-21-19(14-20)15-32(30-21)22-16-31(26(35)38-28(4,5)6)17-24(22)39-40(10,11)29(7,8)9/h12-15,22-24,33H,16-18H2,1-11H3/t22-,23-,24+/m1/s1. The van der Waals surface area contributed by atoms with E-state index in [1.165, 1.54) is 0 Å². The number of benzene rings is 1. The lowest BCUT2D eigenvalue weighted by molar-refractivity contribution is -0.166. The fourth-order valence-corrected chi connectivity index (χ4v) is 5.39. The molecule has 0 bridgehead atoms. The molecule has 1 aromatic carbocycles. The number of carbonyl (C=O) groups excluding carboxylic acids is 2. The number of rotatable bonds is 7. The van der Waals surface area contributed by atoms with Crippen LogP contribution in [0.1, 0.15) is 68.4 Å². The topological polar surface area (TPSA) is 112 Å². The normalized spacial score (nSPS) is 19.6. The number of esters is 1. The number of hydrogen-bond acceptors (Lipinski definition) is 8. The van der Waals surface area contributed by atoms with Crippen LogP contribution < -0.4 is 4.74 Å². The third-order valence-electron chi connectivity index (χ3n) is 7.06. The van der Waals surface area contributed by atoms with Gasteiger partial charge in [0.25, 0.3) is 0 Å². The van der Waals surface area contributed by atoms with Crippen LogP contribution in [0.15, 0.2) is 24.4 Å². The minimum absolute atomic E-state index is 0.00181. The van der Waals surface area contributed by atoms with Crippen molar-refractivity contribution in [1.82, 2.24) is 14.7 Å². The number of fused-ring (bicyclic) bond motifs is 1. The Morgan fingerprint density at radius 1 is 1.02 bits per heavy atom. The highest BCUT2D eigenvalue weighted by atomic mass is 28.4. The first-order valence-electron chi connectivity index (χ1n) is 13.8. The Kier molecular flexibility index (Phi) is 9.03. The van der Waals surface area contributed by atoms with Crippen molar-refractivity contribution in [3.63, 3.8) is 0 Å². The van der Waals surface area contributed by atoms with E-state index in [1.54, 1.807) is 31.7 Å². The van der Waals surface area contributed by atoms with Crippen LogP contribution in [-0.4, -0.2) is 83.3 Å². The summed E-state index contributed by atoms with van der Waals surface area (Å²) in [6.07, 6.45) is -0.0991. The summed E-state index contributed by atoms with van der Waals surface area (Å²) in [4.78, 5) is 26.7. The Balaban J connectivity index is 1.81. The Labute approximate surface area is 239 Å². The van der Waals surface area contributed by atoms with E-state index in [0.29, 0.717) is 18.8 Å². The minimum atomic E-state index is -2.15. The fraction of sp³-hybridized carbons (Fsp3) is 0.690. The van der Waals surface area contributed by atoms with E-state index < -0.39 is 31.6 Å². The number of carbonyl (C=O) groups is 2. The van der Waals surface area contributed by atoms with E-state index in [2.05, 4.69) is 33.9 Å². The average Bonchev–Trinajstić information content (AvgIpc) is 3.37. The van der Waals surface area contributed by atoms with Crippen LogP contribution in [-0.2, 0) is 18.7 Å². The molecule has 0 radical (unpaired) electrons. The van der Waals surface area contributed by atoms with Gasteiger partial charge in [0.2, 0.25) is 0 Å². The number of aliphatic hydroxyl groups is 1. The summed E-state index contributed by atoms with van der Waals surface area (Å²) in [6.45, 7) is 22.4. The summed E-state index contributed by atoms with van der Waals surface area (Å²) < 4.78 is 25.2. The Morgan fingerprint density at radius 3 is 2.23 bits per heavy atom. The van der Waals surface area contributed by atoms with Crippen LogP contribution in [0.4, 0.5) is 4.79 Å². The van der Waals surface area contributed by atoms with E-state index in [9.17, 15) is 14.7 Å². The van der Waals surface area contributed by atoms with Gasteiger partial charge in [-0.1, -0.05) is 20.8 Å². The van der Waals surface area contributed by atoms with E-state index in [4.69, 9.17) is 23.7 Å². The monoisotopic (exact) mass is 577 g/mol. The van der Waals surface area contributed by atoms with Gasteiger partial charge < -0.3 is 28.6 Å². The molecule has 0 spiro atoms. The second kappa shape index (κ2) is 11.3. The van der Waals surface area contributed by atoms with Crippen LogP contribution in [0.3, 0.4) is 0 Å². The zero-order valence-electron chi connectivity index (χ0n) is 25.9. The molecule has 1 fully saturated rings. The maximum Gasteiger partial charge on any atom is 0.410 e. The quantitative estimate of drug-likeness (QED) is 0.349. The first-order chi connectivity index (χ1) is 18.1. The van der Waals surface area contributed by atoms with Crippen LogP contribution in [0.5, 0.6) is 5.75 Å². The highest BCUT2D eigenvalue weighted by Gasteiger charge is 2.46. The van der Waals surface area contributed by atoms with E-state index >= 15 is 0 Å². The number of amides is 1. The summed E-state index contributed by atoms with van der Waals surface area (Å²) in [6, 6.07) is 5.18. The molecule has 11 heteroatoms. The summed E-state index contributed by atoms with van der Waals surface area (Å²) in [7, 11) is -2.15. The third kappa shape index (κ3) is 8.20. The number of nitrogens with zero attached hydrogens (tertiary/aromatic N) is 3. The predicted octanol–water partition coefficient (Wildman–Crippen LogP) is 5.30. The molecule has 3 atom stereocenters. The lowest BCUT2D eigenvalue weighted by Crippen LogP contribution is -2.46. The van der Waals surface area contributed by atoms with E-state index in [-0.39, 0.29) is 29.9 Å². The molecule has 1 saturated heterocycles. The maximum atomic E-state index is 13.0. The van der Waals surface area contributed by atoms with Crippen molar-refractivity contribution in [2.75, 3.05) is 19.7 Å². The number of aliphatic hydroxyl groups excluding tert-OH is 1. The molecule has 1 amide bonds. The van der Waals surface area contributed by atoms with Crippen LogP contribution in [0.2, 0.25) is 18.1 Å². The minimum Gasteiger partial charge on any atom is -0.490 e. The van der Waals surface area contributed by atoms with Crippen molar-refractivity contribution in [2.24, 2.45) is 0 Å². The molecule has 3 rings (SSSR count). The molecule has 40 heavy (non-hydrogen) atoms. The van der Waals surface area contributed by atoms with Crippen molar-refractivity contribution in [3.8, 4) is 5.75 Å². The van der Waals surface area contributed by atoms with Crippen molar-refractivity contribution in [1.29, 1.82) is 0 Å². The second-order valence-electron chi connectivity index (χ2n) is 14.1. The molecule has 0 aliphatic carbocycles. The highest BCUT2D eigenvalue weighted by Crippen LogP contribution is 2.40. The fourth-order valence-electron chi connectivity index (χ4n) is 4.05. The van der Waals surface area contributed by atoms with Crippen molar-refractivity contribution in [2.45, 2.75) is 110 Å². The van der Waals surface area contributed by atoms with Gasteiger partial charge in [-0.2, -0.15) is 5.10 Å². The molecule has 1 N–H and O–H groups in total. The van der Waals surface area contributed by atoms with Gasteiger partial charge in [0.15, 0.2) is 14.4 Å². The van der Waals surface area contributed by atoms with E-state index in [1.807, 2.05) is 43.8 Å². The zero-order chi connectivity index (χ0) is 30.3. The van der Waals surface area contributed by atoms with Crippen LogP contribution >= 0.6 is 0 Å². The summed E-state index contributed by atoms with van der Waals surface area (Å²) in [5, 5.41) is 15.8. The summed E-state index contributed by atoms with van der Waals surface area (Å²) in [5.74, 6) is -0.240. The lowest BCUT2D eigenvalue weighted by Gasteiger charge is -2.39. The highest BCUT2D eigenvalue weighted by molar-refractivity contribution is 6.74. The smallest absolute Gasteiger partial charge is 0.410 e. The average molecular weight is 578 g/mol. The molecule has 2 heterocycles. The van der Waals surface area contributed by atoms with Gasteiger partial charge in [-0.3, -0.25) is 4.68 Å². The van der Waals surface area contributed by atoms with Crippen LogP contribution in [0.25, 0.3) is 10.9 Å². The largest absolute Gasteiger partial charge is 0.490 e. The number of hydrogen-bond donors (Lipinski definition) is 1. The first-order valence-corrected chi connectivity index (χ1v) is 16.7. The molecule has 224 valence electrons. The Morgan fingerprint density at radius 2 is 1.65 bits per heavy atom. The molecular formula is C29H47N3O7Si.